The summed E-state index contributed by atoms with van der Waals surface area (Å²) in [6.07, 6.45) is 0. The second kappa shape index (κ2) is 10.3. The molecule has 2 nitrogen and oxygen atoms in total. The third-order valence-corrected chi connectivity index (χ3v) is 8.63. The maximum absolute atomic E-state index is 5.44. The van der Waals surface area contributed by atoms with Gasteiger partial charge in [0.05, 0.1) is 13.2 Å². The molecule has 0 aliphatic rings. The monoisotopic (exact) mass is 370 g/mol. The molecule has 0 heterocycles. The van der Waals surface area contributed by atoms with E-state index in [1.807, 2.05) is 38.1 Å². The standard InChI is InChI=1S/C16H18O2S4/c1-3-17-13-5-9-15(10-6-13)19-21-22-20-16-11-7-14(8-12-16)18-4-2/h5-12H,3-4H2,1-2H3. The molecule has 0 aromatic heterocycles. The van der Waals surface area contributed by atoms with E-state index >= 15 is 0 Å². The third-order valence-electron chi connectivity index (χ3n) is 2.56. The second-order valence-electron chi connectivity index (χ2n) is 4.11. The van der Waals surface area contributed by atoms with Crippen molar-refractivity contribution in [3.8, 4) is 11.5 Å². The number of ether oxygens (including phenoxy) is 2. The Labute approximate surface area is 147 Å². The van der Waals surface area contributed by atoms with E-state index in [4.69, 9.17) is 9.47 Å². The summed E-state index contributed by atoms with van der Waals surface area (Å²) in [4.78, 5) is 2.46. The number of hydrogen-bond donors (Lipinski definition) is 0. The van der Waals surface area contributed by atoms with Gasteiger partial charge in [0.15, 0.2) is 0 Å². The van der Waals surface area contributed by atoms with Crippen LogP contribution >= 0.6 is 41.2 Å². The van der Waals surface area contributed by atoms with E-state index in [9.17, 15) is 0 Å². The molecule has 22 heavy (non-hydrogen) atoms. The molecule has 0 aliphatic carbocycles. The van der Waals surface area contributed by atoms with Gasteiger partial charge in [0.2, 0.25) is 0 Å². The van der Waals surface area contributed by atoms with Crippen LogP contribution in [-0.4, -0.2) is 13.2 Å². The predicted octanol–water partition coefficient (Wildman–Crippen LogP) is 6.58. The number of rotatable bonds is 9. The highest BCUT2D eigenvalue weighted by Crippen LogP contribution is 2.49. The van der Waals surface area contributed by atoms with Crippen molar-refractivity contribution in [2.75, 3.05) is 13.2 Å². The fraction of sp³-hybridized carbons (Fsp3) is 0.250. The van der Waals surface area contributed by atoms with Crippen LogP contribution in [-0.2, 0) is 0 Å². The van der Waals surface area contributed by atoms with Crippen molar-refractivity contribution in [3.05, 3.63) is 48.5 Å². The lowest BCUT2D eigenvalue weighted by Crippen LogP contribution is -1.90. The summed E-state index contributed by atoms with van der Waals surface area (Å²) in [6, 6.07) is 16.4. The molecule has 0 radical (unpaired) electrons. The molecule has 0 bridgehead atoms. The lowest BCUT2D eigenvalue weighted by Gasteiger charge is -2.05. The van der Waals surface area contributed by atoms with Crippen LogP contribution in [0.1, 0.15) is 13.8 Å². The first-order valence-electron chi connectivity index (χ1n) is 6.95. The normalized spacial score (nSPS) is 10.5. The lowest BCUT2D eigenvalue weighted by atomic mass is 10.3. The maximum atomic E-state index is 5.44. The van der Waals surface area contributed by atoms with Gasteiger partial charge >= 0.3 is 0 Å². The summed E-state index contributed by atoms with van der Waals surface area (Å²) in [5.74, 6) is 1.85. The summed E-state index contributed by atoms with van der Waals surface area (Å²) in [5.41, 5.74) is 0. The minimum Gasteiger partial charge on any atom is -0.494 e. The molecule has 0 spiro atoms. The second-order valence-corrected chi connectivity index (χ2v) is 9.93. The largest absolute Gasteiger partial charge is 0.494 e. The van der Waals surface area contributed by atoms with E-state index in [1.165, 1.54) is 9.79 Å². The molecule has 0 N–H and O–H groups in total. The molecule has 6 heteroatoms. The summed E-state index contributed by atoms with van der Waals surface area (Å²) in [5, 5.41) is 0. The fourth-order valence-electron chi connectivity index (χ4n) is 1.62. The smallest absolute Gasteiger partial charge is 0.119 e. The zero-order valence-corrected chi connectivity index (χ0v) is 15.7. The van der Waals surface area contributed by atoms with Crippen LogP contribution in [0.2, 0.25) is 0 Å². The van der Waals surface area contributed by atoms with Crippen LogP contribution in [0, 0.1) is 0 Å². The van der Waals surface area contributed by atoms with E-state index in [2.05, 4.69) is 24.3 Å². The minimum absolute atomic E-state index is 0.704. The Hall–Kier alpha value is -0.560. The van der Waals surface area contributed by atoms with Gasteiger partial charge in [-0.2, -0.15) is 0 Å². The number of benzene rings is 2. The fourth-order valence-corrected chi connectivity index (χ4v) is 7.05. The molecule has 2 aromatic carbocycles. The van der Waals surface area contributed by atoms with Crippen molar-refractivity contribution in [2.24, 2.45) is 0 Å². The van der Waals surface area contributed by atoms with E-state index < -0.39 is 0 Å². The van der Waals surface area contributed by atoms with Crippen molar-refractivity contribution in [1.82, 2.24) is 0 Å². The van der Waals surface area contributed by atoms with Crippen molar-refractivity contribution < 1.29 is 9.47 Å². The zero-order valence-electron chi connectivity index (χ0n) is 12.5. The lowest BCUT2D eigenvalue weighted by molar-refractivity contribution is 0.340. The van der Waals surface area contributed by atoms with Crippen LogP contribution < -0.4 is 9.47 Å². The van der Waals surface area contributed by atoms with Crippen LogP contribution in [0.5, 0.6) is 11.5 Å². The first-order valence-corrected chi connectivity index (χ1v) is 11.8. The van der Waals surface area contributed by atoms with Crippen molar-refractivity contribution >= 4 is 41.2 Å². The van der Waals surface area contributed by atoms with E-state index in [0.29, 0.717) is 13.2 Å². The molecule has 0 aliphatic heterocycles. The average molecular weight is 371 g/mol. The highest BCUT2D eigenvalue weighted by Gasteiger charge is 2.00. The highest BCUT2D eigenvalue weighted by atomic mass is 33.7. The molecule has 0 saturated heterocycles. The number of hydrogen-bond acceptors (Lipinski definition) is 6. The van der Waals surface area contributed by atoms with Gasteiger partial charge in [-0.1, -0.05) is 0 Å². The van der Waals surface area contributed by atoms with Gasteiger partial charge in [0.25, 0.3) is 0 Å². The Morgan fingerprint density at radius 2 is 1.00 bits per heavy atom. The SMILES string of the molecule is CCOc1ccc(SSSSc2ccc(OCC)cc2)cc1. The molecular formula is C16H18O2S4. The van der Waals surface area contributed by atoms with Crippen molar-refractivity contribution in [1.29, 1.82) is 0 Å². The maximum Gasteiger partial charge on any atom is 0.119 e. The molecule has 0 saturated carbocycles. The Kier molecular flexibility index (Phi) is 8.30. The van der Waals surface area contributed by atoms with E-state index in [-0.39, 0.29) is 0 Å². The van der Waals surface area contributed by atoms with Gasteiger partial charge in [0, 0.05) is 9.79 Å². The summed E-state index contributed by atoms with van der Waals surface area (Å²) >= 11 is 0. The molecule has 2 rings (SSSR count). The Morgan fingerprint density at radius 3 is 1.32 bits per heavy atom. The Morgan fingerprint density at radius 1 is 0.636 bits per heavy atom. The van der Waals surface area contributed by atoms with Gasteiger partial charge in [-0.25, -0.2) is 0 Å². The predicted molar refractivity (Wildman–Crippen MR) is 102 cm³/mol. The van der Waals surface area contributed by atoms with Gasteiger partial charge in [-0.3, -0.25) is 0 Å². The first kappa shape index (κ1) is 17.8. The zero-order chi connectivity index (χ0) is 15.6. The van der Waals surface area contributed by atoms with Crippen molar-refractivity contribution in [2.45, 2.75) is 23.6 Å². The summed E-state index contributed by atoms with van der Waals surface area (Å²) in [6.45, 7) is 5.40. The molecule has 0 atom stereocenters. The Bertz CT molecular complexity index is 492. The molecule has 0 amide bonds. The van der Waals surface area contributed by atoms with Gasteiger partial charge in [-0.05, 0) is 104 Å². The molecular weight excluding hydrogens is 352 g/mol. The quantitative estimate of drug-likeness (QED) is 0.364. The summed E-state index contributed by atoms with van der Waals surface area (Å²) < 4.78 is 10.9. The van der Waals surface area contributed by atoms with Crippen LogP contribution in [0.25, 0.3) is 0 Å². The van der Waals surface area contributed by atoms with Gasteiger partial charge < -0.3 is 9.47 Å². The third kappa shape index (κ3) is 6.28. The average Bonchev–Trinajstić information content (AvgIpc) is 2.55. The molecule has 118 valence electrons. The van der Waals surface area contributed by atoms with Crippen LogP contribution in [0.4, 0.5) is 0 Å². The molecule has 0 unspecified atom stereocenters. The van der Waals surface area contributed by atoms with Crippen molar-refractivity contribution in [3.63, 3.8) is 0 Å². The van der Waals surface area contributed by atoms with E-state index in [0.717, 1.165) is 11.5 Å². The van der Waals surface area contributed by atoms with Gasteiger partial charge in [-0.15, -0.1) is 0 Å². The summed E-state index contributed by atoms with van der Waals surface area (Å²) in [7, 11) is 7.03. The Balaban J connectivity index is 1.70. The van der Waals surface area contributed by atoms with E-state index in [1.54, 1.807) is 41.2 Å². The van der Waals surface area contributed by atoms with Crippen LogP contribution in [0.3, 0.4) is 0 Å². The molecule has 0 fully saturated rings. The first-order chi connectivity index (χ1) is 10.8. The van der Waals surface area contributed by atoms with Crippen LogP contribution in [0.15, 0.2) is 58.3 Å². The molecule has 2 aromatic rings. The minimum atomic E-state index is 0.704. The van der Waals surface area contributed by atoms with Gasteiger partial charge in [0.1, 0.15) is 11.5 Å². The topological polar surface area (TPSA) is 18.5 Å². The highest BCUT2D eigenvalue weighted by molar-refractivity contribution is 9.26.